The van der Waals surface area contributed by atoms with Gasteiger partial charge in [-0.25, -0.2) is 4.98 Å². The van der Waals surface area contributed by atoms with E-state index in [-0.39, 0.29) is 0 Å². The van der Waals surface area contributed by atoms with Crippen LogP contribution in [0.15, 0.2) is 16.0 Å². The summed E-state index contributed by atoms with van der Waals surface area (Å²) in [6.45, 7) is 2.21. The minimum absolute atomic E-state index is 1.01. The molecule has 0 radical (unpaired) electrons. The molecule has 3 nitrogen and oxygen atoms in total. The number of rotatable bonds is 3. The highest BCUT2D eigenvalue weighted by Crippen LogP contribution is 2.34. The summed E-state index contributed by atoms with van der Waals surface area (Å²) in [4.78, 5) is 9.17. The molecule has 0 unspecified atom stereocenters. The van der Waals surface area contributed by atoms with E-state index in [0.717, 1.165) is 27.1 Å². The molecule has 3 heterocycles. The highest BCUT2D eigenvalue weighted by atomic mass is 79.9. The van der Waals surface area contributed by atoms with E-state index in [1.54, 1.807) is 11.3 Å². The Morgan fingerprint density at radius 3 is 3.00 bits per heavy atom. The van der Waals surface area contributed by atoms with Crippen LogP contribution < -0.4 is 0 Å². The van der Waals surface area contributed by atoms with Crippen molar-refractivity contribution >= 4 is 48.5 Å². The van der Waals surface area contributed by atoms with Gasteiger partial charge in [0.2, 0.25) is 0 Å². The number of aryl methyl sites for hydroxylation is 2. The van der Waals surface area contributed by atoms with Gasteiger partial charge in [-0.15, -0.1) is 11.3 Å². The topological polar surface area (TPSA) is 30.7 Å². The molecule has 3 aromatic rings. The van der Waals surface area contributed by atoms with Crippen molar-refractivity contribution in [1.29, 1.82) is 0 Å². The largest absolute Gasteiger partial charge is 0.330 e. The predicted octanol–water partition coefficient (Wildman–Crippen LogP) is 4.29. The van der Waals surface area contributed by atoms with Gasteiger partial charge in [-0.3, -0.25) is 4.98 Å². The molecule has 0 aliphatic heterocycles. The summed E-state index contributed by atoms with van der Waals surface area (Å²) in [5.74, 6) is 1.16. The van der Waals surface area contributed by atoms with Gasteiger partial charge in [0.15, 0.2) is 0 Å². The minimum atomic E-state index is 1.01. The Bertz CT molecular complexity index is 714. The SMILES string of the molecule is CCCCc1nc2cnc3cc(Br)sc3c2n1C. The molecule has 0 saturated carbocycles. The molecule has 0 aliphatic rings. The highest BCUT2D eigenvalue weighted by Gasteiger charge is 2.13. The second-order valence-corrected chi connectivity index (χ2v) is 6.88. The molecule has 5 heteroatoms. The molecule has 0 saturated heterocycles. The fraction of sp³-hybridized carbons (Fsp3) is 0.385. The van der Waals surface area contributed by atoms with Crippen molar-refractivity contribution in [1.82, 2.24) is 14.5 Å². The van der Waals surface area contributed by atoms with E-state index in [4.69, 9.17) is 4.98 Å². The van der Waals surface area contributed by atoms with Gasteiger partial charge in [-0.2, -0.15) is 0 Å². The highest BCUT2D eigenvalue weighted by molar-refractivity contribution is 9.11. The van der Waals surface area contributed by atoms with Crippen LogP contribution in [-0.4, -0.2) is 14.5 Å². The Morgan fingerprint density at radius 2 is 2.22 bits per heavy atom. The Hall–Kier alpha value is -0.940. The average molecular weight is 324 g/mol. The Morgan fingerprint density at radius 1 is 1.39 bits per heavy atom. The average Bonchev–Trinajstić information content (AvgIpc) is 2.86. The number of hydrogen-bond acceptors (Lipinski definition) is 3. The summed E-state index contributed by atoms with van der Waals surface area (Å²) >= 11 is 5.26. The van der Waals surface area contributed by atoms with Crippen molar-refractivity contribution in [2.24, 2.45) is 7.05 Å². The maximum atomic E-state index is 4.70. The Labute approximate surface area is 118 Å². The zero-order valence-electron chi connectivity index (χ0n) is 10.4. The first-order chi connectivity index (χ1) is 8.70. The molecule has 18 heavy (non-hydrogen) atoms. The maximum Gasteiger partial charge on any atom is 0.109 e. The molecular weight excluding hydrogens is 310 g/mol. The smallest absolute Gasteiger partial charge is 0.109 e. The molecule has 0 atom stereocenters. The third kappa shape index (κ3) is 1.86. The standard InChI is InChI=1S/C13H14BrN3S/c1-3-4-5-11-16-9-7-15-8-6-10(14)18-13(8)12(9)17(11)2/h6-7H,3-5H2,1-2H3. The van der Waals surface area contributed by atoms with Gasteiger partial charge in [0.05, 0.1) is 25.7 Å². The number of thiophene rings is 1. The fourth-order valence-corrected chi connectivity index (χ4v) is 3.86. The number of imidazole rings is 1. The van der Waals surface area contributed by atoms with E-state index >= 15 is 0 Å². The molecule has 0 fully saturated rings. The second-order valence-electron chi connectivity index (χ2n) is 4.45. The predicted molar refractivity (Wildman–Crippen MR) is 80.2 cm³/mol. The molecule has 94 valence electrons. The lowest BCUT2D eigenvalue weighted by molar-refractivity contribution is 0.721. The van der Waals surface area contributed by atoms with Gasteiger partial charge in [0, 0.05) is 13.5 Å². The summed E-state index contributed by atoms with van der Waals surface area (Å²) in [6.07, 6.45) is 5.30. The Kier molecular flexibility index (Phi) is 3.11. The Balaban J connectivity index is 2.25. The van der Waals surface area contributed by atoms with Gasteiger partial charge < -0.3 is 4.57 Å². The van der Waals surface area contributed by atoms with Crippen molar-refractivity contribution in [3.05, 3.63) is 21.9 Å². The molecule has 3 rings (SSSR count). The lowest BCUT2D eigenvalue weighted by Gasteiger charge is -2.01. The van der Waals surface area contributed by atoms with Gasteiger partial charge in [0.1, 0.15) is 11.3 Å². The zero-order valence-corrected chi connectivity index (χ0v) is 12.8. The van der Waals surface area contributed by atoms with Crippen molar-refractivity contribution in [3.63, 3.8) is 0 Å². The second kappa shape index (κ2) is 4.63. The van der Waals surface area contributed by atoms with Crippen LogP contribution in [0.25, 0.3) is 21.3 Å². The lowest BCUT2D eigenvalue weighted by Crippen LogP contribution is -1.97. The maximum absolute atomic E-state index is 4.70. The molecule has 0 N–H and O–H groups in total. The van der Waals surface area contributed by atoms with Crippen LogP contribution in [0.3, 0.4) is 0 Å². The first-order valence-corrected chi connectivity index (χ1v) is 7.71. The first-order valence-electron chi connectivity index (χ1n) is 6.10. The molecular formula is C13H14BrN3S. The van der Waals surface area contributed by atoms with Crippen LogP contribution in [0.2, 0.25) is 0 Å². The van der Waals surface area contributed by atoms with Crippen LogP contribution in [0.5, 0.6) is 0 Å². The van der Waals surface area contributed by atoms with E-state index < -0.39 is 0 Å². The number of pyridine rings is 1. The van der Waals surface area contributed by atoms with Crippen LogP contribution >= 0.6 is 27.3 Å². The summed E-state index contributed by atoms with van der Waals surface area (Å²) in [5, 5.41) is 0. The third-order valence-electron chi connectivity index (χ3n) is 3.19. The number of unbranched alkanes of at least 4 members (excludes halogenated alkanes) is 1. The van der Waals surface area contributed by atoms with Gasteiger partial charge in [-0.1, -0.05) is 13.3 Å². The molecule has 0 spiro atoms. The van der Waals surface area contributed by atoms with Crippen molar-refractivity contribution in [2.75, 3.05) is 0 Å². The zero-order chi connectivity index (χ0) is 12.7. The fourth-order valence-electron chi connectivity index (χ4n) is 2.23. The minimum Gasteiger partial charge on any atom is -0.330 e. The van der Waals surface area contributed by atoms with Crippen LogP contribution in [0, 0.1) is 0 Å². The number of fused-ring (bicyclic) bond motifs is 3. The van der Waals surface area contributed by atoms with Crippen molar-refractivity contribution < 1.29 is 0 Å². The number of nitrogens with zero attached hydrogens (tertiary/aromatic N) is 3. The lowest BCUT2D eigenvalue weighted by atomic mass is 10.2. The van der Waals surface area contributed by atoms with E-state index in [1.807, 2.05) is 6.20 Å². The van der Waals surface area contributed by atoms with Crippen LogP contribution in [0.4, 0.5) is 0 Å². The van der Waals surface area contributed by atoms with Crippen LogP contribution in [-0.2, 0) is 13.5 Å². The summed E-state index contributed by atoms with van der Waals surface area (Å²) in [6, 6.07) is 2.07. The quantitative estimate of drug-likeness (QED) is 0.720. The molecule has 3 aromatic heterocycles. The summed E-state index contributed by atoms with van der Waals surface area (Å²) < 4.78 is 4.56. The van der Waals surface area contributed by atoms with Gasteiger partial charge >= 0.3 is 0 Å². The molecule has 0 bridgehead atoms. The van der Waals surface area contributed by atoms with Gasteiger partial charge in [-0.05, 0) is 28.4 Å². The van der Waals surface area contributed by atoms with E-state index in [9.17, 15) is 0 Å². The summed E-state index contributed by atoms with van der Waals surface area (Å²) in [5.41, 5.74) is 3.26. The molecule has 0 aromatic carbocycles. The van der Waals surface area contributed by atoms with E-state index in [0.29, 0.717) is 0 Å². The number of halogens is 1. The van der Waals surface area contributed by atoms with Crippen LogP contribution in [0.1, 0.15) is 25.6 Å². The van der Waals surface area contributed by atoms with E-state index in [1.165, 1.54) is 23.1 Å². The molecule has 0 amide bonds. The van der Waals surface area contributed by atoms with Crippen molar-refractivity contribution in [3.8, 4) is 0 Å². The van der Waals surface area contributed by atoms with Gasteiger partial charge in [0.25, 0.3) is 0 Å². The van der Waals surface area contributed by atoms with Crippen molar-refractivity contribution in [2.45, 2.75) is 26.2 Å². The monoisotopic (exact) mass is 323 g/mol. The summed E-state index contributed by atoms with van der Waals surface area (Å²) in [7, 11) is 2.10. The number of hydrogen-bond donors (Lipinski definition) is 0. The first kappa shape index (κ1) is 12.1. The number of aromatic nitrogens is 3. The third-order valence-corrected chi connectivity index (χ3v) is 4.83. The normalized spacial score (nSPS) is 11.7. The molecule has 0 aliphatic carbocycles. The van der Waals surface area contributed by atoms with E-state index in [2.05, 4.69) is 45.5 Å².